The fraction of sp³-hybridized carbons (Fsp3) is 0. The zero-order chi connectivity index (χ0) is 21.1. The summed E-state index contributed by atoms with van der Waals surface area (Å²) < 4.78 is 51.9. The van der Waals surface area contributed by atoms with E-state index in [4.69, 9.17) is 0 Å². The second-order valence-corrected chi connectivity index (χ2v) is 11.0. The van der Waals surface area contributed by atoms with Crippen LogP contribution in [0, 0.1) is 0 Å². The molecule has 2 aliphatic heterocycles. The fourth-order valence-corrected chi connectivity index (χ4v) is 7.55. The van der Waals surface area contributed by atoms with Crippen LogP contribution in [-0.4, -0.2) is 41.8 Å². The third kappa shape index (κ3) is 1.82. The summed E-state index contributed by atoms with van der Waals surface area (Å²) in [6, 6.07) is 6.16. The van der Waals surface area contributed by atoms with Crippen LogP contribution in [0.5, 0.6) is 0 Å². The van der Waals surface area contributed by atoms with Crippen molar-refractivity contribution in [2.24, 2.45) is 0 Å². The minimum Gasteiger partial charge on any atom is -0.351 e. The van der Waals surface area contributed by atoms with Gasteiger partial charge < -0.3 is 4.98 Å². The summed E-state index contributed by atoms with van der Waals surface area (Å²) in [4.78, 5) is 20.9. The van der Waals surface area contributed by atoms with Gasteiger partial charge in [-0.3, -0.25) is 19.9 Å². The molecule has 0 amide bonds. The number of nitrogens with one attached hydrogen (secondary N) is 1. The van der Waals surface area contributed by atoms with Gasteiger partial charge in [0.25, 0.3) is 0 Å². The van der Waals surface area contributed by atoms with Gasteiger partial charge in [-0.15, -0.1) is 0 Å². The molecule has 150 valence electrons. The maximum atomic E-state index is 13.0. The zero-order valence-electron chi connectivity index (χ0n) is 15.4. The molecule has 9 nitrogen and oxygen atoms in total. The molecule has 5 aromatic rings. The lowest BCUT2D eigenvalue weighted by atomic mass is 10.1. The molecule has 0 atom stereocenters. The lowest BCUT2D eigenvalue weighted by Crippen LogP contribution is -1.97. The molecule has 5 aromatic heterocycles. The number of fused-ring (bicyclic) bond motifs is 11. The largest absolute Gasteiger partial charge is 0.351 e. The Balaban J connectivity index is 1.69. The molecule has 2 aliphatic rings. The molecule has 7 rings (SSSR count). The number of aromatic amines is 1. The Labute approximate surface area is 174 Å². The van der Waals surface area contributed by atoms with Crippen molar-refractivity contribution in [2.45, 2.75) is 19.6 Å². The van der Waals surface area contributed by atoms with Crippen molar-refractivity contribution < 1.29 is 16.8 Å². The van der Waals surface area contributed by atoms with E-state index in [0.29, 0.717) is 44.6 Å². The Bertz CT molecular complexity index is 1740. The van der Waals surface area contributed by atoms with Crippen molar-refractivity contribution in [1.82, 2.24) is 24.9 Å². The first kappa shape index (κ1) is 17.0. The first-order valence-corrected chi connectivity index (χ1v) is 12.1. The minimum absolute atomic E-state index is 0.0584. The van der Waals surface area contributed by atoms with Crippen molar-refractivity contribution in [2.75, 3.05) is 0 Å². The molecular weight excluding hydrogens is 438 g/mol. The van der Waals surface area contributed by atoms with Gasteiger partial charge in [0.05, 0.1) is 32.2 Å². The minimum atomic E-state index is -3.75. The summed E-state index contributed by atoms with van der Waals surface area (Å²) in [6.45, 7) is 0. The fourth-order valence-electron chi connectivity index (χ4n) is 4.42. The standard InChI is InChI=1S/C20H9N5O4S2/c26-30(27)9-3-1-5-21-15(9)13-11(30)7-23-19-17(13)25-18-14-12(8-24-20(18)19)31(28,29)10-4-2-6-22-16(10)14/h1-8,25H. The van der Waals surface area contributed by atoms with Crippen LogP contribution in [0.15, 0.2) is 68.6 Å². The average molecular weight is 447 g/mol. The van der Waals surface area contributed by atoms with Gasteiger partial charge in [-0.05, 0) is 24.3 Å². The van der Waals surface area contributed by atoms with E-state index in [0.717, 1.165) is 0 Å². The summed E-state index contributed by atoms with van der Waals surface area (Å²) in [5.74, 6) is 0. The summed E-state index contributed by atoms with van der Waals surface area (Å²) in [7, 11) is -7.49. The van der Waals surface area contributed by atoms with E-state index in [-0.39, 0.29) is 19.6 Å². The predicted molar refractivity (Wildman–Crippen MR) is 109 cm³/mol. The molecule has 0 aliphatic carbocycles. The Morgan fingerprint density at radius 1 is 0.613 bits per heavy atom. The summed E-state index contributed by atoms with van der Waals surface area (Å²) in [5, 5.41) is 0. The van der Waals surface area contributed by atoms with E-state index >= 15 is 0 Å². The zero-order valence-corrected chi connectivity index (χ0v) is 17.0. The van der Waals surface area contributed by atoms with Crippen LogP contribution in [-0.2, 0) is 19.7 Å². The first-order chi connectivity index (χ1) is 14.9. The van der Waals surface area contributed by atoms with Crippen LogP contribution in [0.3, 0.4) is 0 Å². The van der Waals surface area contributed by atoms with E-state index in [1.54, 1.807) is 12.1 Å². The second-order valence-electron chi connectivity index (χ2n) is 7.27. The Kier molecular flexibility index (Phi) is 2.82. The number of pyridine rings is 4. The Morgan fingerprint density at radius 2 is 1.06 bits per heavy atom. The van der Waals surface area contributed by atoms with E-state index in [9.17, 15) is 16.8 Å². The van der Waals surface area contributed by atoms with E-state index < -0.39 is 19.7 Å². The Hall–Kier alpha value is -3.70. The summed E-state index contributed by atoms with van der Waals surface area (Å²) in [6.07, 6.45) is 5.67. The molecule has 0 spiro atoms. The third-order valence-electron chi connectivity index (χ3n) is 5.74. The van der Waals surface area contributed by atoms with Gasteiger partial charge in [-0.2, -0.15) is 0 Å². The molecule has 0 fully saturated rings. The van der Waals surface area contributed by atoms with Gasteiger partial charge in [-0.1, -0.05) is 0 Å². The average Bonchev–Trinajstić information content (AvgIpc) is 3.34. The number of hydrogen-bond donors (Lipinski definition) is 1. The van der Waals surface area contributed by atoms with Crippen molar-refractivity contribution in [3.8, 4) is 22.5 Å². The first-order valence-electron chi connectivity index (χ1n) is 9.15. The van der Waals surface area contributed by atoms with Crippen molar-refractivity contribution >= 4 is 41.7 Å². The third-order valence-corrected chi connectivity index (χ3v) is 9.33. The maximum absolute atomic E-state index is 13.0. The molecule has 0 radical (unpaired) electrons. The number of nitrogens with zero attached hydrogens (tertiary/aromatic N) is 4. The molecule has 31 heavy (non-hydrogen) atoms. The van der Waals surface area contributed by atoms with Crippen molar-refractivity contribution in [1.29, 1.82) is 0 Å². The molecule has 0 saturated heterocycles. The number of sulfone groups is 2. The van der Waals surface area contributed by atoms with E-state index in [1.165, 1.54) is 36.9 Å². The molecular formula is C20H9N5O4S2. The smallest absolute Gasteiger partial charge is 0.211 e. The quantitative estimate of drug-likeness (QED) is 0.375. The molecule has 0 bridgehead atoms. The molecule has 0 aromatic carbocycles. The van der Waals surface area contributed by atoms with Crippen molar-refractivity contribution in [3.63, 3.8) is 0 Å². The topological polar surface area (TPSA) is 136 Å². The lowest BCUT2D eigenvalue weighted by molar-refractivity contribution is 0.596. The summed E-state index contributed by atoms with van der Waals surface area (Å²) in [5.41, 5.74) is 3.24. The van der Waals surface area contributed by atoms with Crippen LogP contribution in [0.1, 0.15) is 0 Å². The van der Waals surface area contributed by atoms with Gasteiger partial charge in [0.1, 0.15) is 20.8 Å². The van der Waals surface area contributed by atoms with Crippen LogP contribution >= 0.6 is 0 Å². The van der Waals surface area contributed by atoms with Gasteiger partial charge in [0.2, 0.25) is 19.7 Å². The van der Waals surface area contributed by atoms with E-state index in [1.807, 2.05) is 0 Å². The highest BCUT2D eigenvalue weighted by Gasteiger charge is 2.39. The monoisotopic (exact) mass is 447 g/mol. The highest BCUT2D eigenvalue weighted by Crippen LogP contribution is 2.49. The van der Waals surface area contributed by atoms with Crippen molar-refractivity contribution in [3.05, 3.63) is 49.1 Å². The second kappa shape index (κ2) is 5.13. The molecule has 7 heterocycles. The SMILES string of the molecule is O=S1(=O)c2cccnc2-c2c1cnc1c2[nH]c2c3c(cnc21)S(=O)(=O)c1cccnc1-3. The molecule has 0 unspecified atom stereocenters. The van der Waals surface area contributed by atoms with Crippen LogP contribution in [0.4, 0.5) is 0 Å². The van der Waals surface area contributed by atoms with Crippen LogP contribution in [0.25, 0.3) is 44.6 Å². The highest BCUT2D eigenvalue weighted by atomic mass is 32.2. The van der Waals surface area contributed by atoms with Gasteiger partial charge in [0, 0.05) is 35.9 Å². The lowest BCUT2D eigenvalue weighted by Gasteiger charge is -1.99. The van der Waals surface area contributed by atoms with Crippen LogP contribution in [0.2, 0.25) is 0 Å². The van der Waals surface area contributed by atoms with Gasteiger partial charge in [0.15, 0.2) is 0 Å². The molecule has 1 N–H and O–H groups in total. The number of hydrogen-bond acceptors (Lipinski definition) is 8. The predicted octanol–water partition coefficient (Wildman–Crippen LogP) is 2.53. The number of rotatable bonds is 0. The molecule has 0 saturated carbocycles. The maximum Gasteiger partial charge on any atom is 0.211 e. The van der Waals surface area contributed by atoms with E-state index in [2.05, 4.69) is 24.9 Å². The van der Waals surface area contributed by atoms with Crippen LogP contribution < -0.4 is 0 Å². The Morgan fingerprint density at radius 3 is 1.52 bits per heavy atom. The highest BCUT2D eigenvalue weighted by molar-refractivity contribution is 7.92. The van der Waals surface area contributed by atoms with Gasteiger partial charge >= 0.3 is 0 Å². The summed E-state index contributed by atoms with van der Waals surface area (Å²) >= 11 is 0. The number of aromatic nitrogens is 5. The van der Waals surface area contributed by atoms with Gasteiger partial charge in [-0.25, -0.2) is 16.8 Å². The number of H-pyrrole nitrogens is 1. The normalized spacial score (nSPS) is 16.8. The molecule has 11 heteroatoms.